The van der Waals surface area contributed by atoms with Crippen molar-refractivity contribution in [1.82, 2.24) is 9.97 Å². The van der Waals surface area contributed by atoms with E-state index in [2.05, 4.69) is 25.3 Å². The number of pyridine rings is 2. The number of benzene rings is 2. The highest BCUT2D eigenvalue weighted by atomic mass is 19.4. The molecule has 0 atom stereocenters. The Hall–Kier alpha value is -4.73. The van der Waals surface area contributed by atoms with E-state index in [0.717, 1.165) is 47.9 Å². The first kappa shape index (κ1) is 30.2. The molecule has 10 heteroatoms. The molecule has 0 spiro atoms. The molecule has 2 amide bonds. The molecule has 4 rings (SSSR count). The van der Waals surface area contributed by atoms with Gasteiger partial charge in [0.15, 0.2) is 0 Å². The summed E-state index contributed by atoms with van der Waals surface area (Å²) in [7, 11) is 0. The Bertz CT molecular complexity index is 1490. The predicted molar refractivity (Wildman–Crippen MR) is 154 cm³/mol. The normalized spacial score (nSPS) is 11.1. The minimum Gasteiger partial charge on any atom is -0.406 e. The molecule has 0 aliphatic heterocycles. The van der Waals surface area contributed by atoms with Gasteiger partial charge in [0.1, 0.15) is 17.4 Å². The van der Waals surface area contributed by atoms with Crippen LogP contribution in [-0.2, 0) is 35.3 Å². The number of nitrogens with one attached hydrogen (secondary N) is 2. The van der Waals surface area contributed by atoms with Crippen molar-refractivity contribution in [3.63, 3.8) is 0 Å². The summed E-state index contributed by atoms with van der Waals surface area (Å²) in [6.45, 7) is 1.99. The molecule has 0 aliphatic rings. The Labute approximate surface area is 242 Å². The molecular weight excluding hydrogens is 545 g/mol. The summed E-state index contributed by atoms with van der Waals surface area (Å²) < 4.78 is 41.1. The average molecular weight is 577 g/mol. The second-order valence-electron chi connectivity index (χ2n) is 9.94. The largest absolute Gasteiger partial charge is 0.573 e. The molecule has 0 saturated heterocycles. The van der Waals surface area contributed by atoms with Gasteiger partial charge in [0, 0.05) is 12.4 Å². The molecule has 2 aromatic carbocycles. The van der Waals surface area contributed by atoms with E-state index in [1.807, 2.05) is 49.4 Å². The number of unbranched alkanes of at least 4 members (excludes halogenated alkanes) is 1. The summed E-state index contributed by atoms with van der Waals surface area (Å²) in [6.07, 6.45) is 2.40. The lowest BCUT2D eigenvalue weighted by molar-refractivity contribution is -0.274. The van der Waals surface area contributed by atoms with E-state index >= 15 is 0 Å². The zero-order valence-electron chi connectivity index (χ0n) is 23.1. The molecule has 4 aromatic rings. The van der Waals surface area contributed by atoms with Crippen molar-refractivity contribution in [2.75, 3.05) is 10.6 Å². The Balaban J connectivity index is 1.15. The highest BCUT2D eigenvalue weighted by Gasteiger charge is 2.31. The topological polar surface area (TPSA) is 93.2 Å². The van der Waals surface area contributed by atoms with Crippen LogP contribution in [0.3, 0.4) is 0 Å². The van der Waals surface area contributed by atoms with E-state index in [1.165, 1.54) is 18.2 Å². The SMILES string of the molecule is Cc1cccc(CC(=O)Nc2ccc(CCCCc3ccc(NC(=O)Cc4cccc(OC(F)(F)F)c4)nc3)cn2)c1. The molecular formula is C32H31F3N4O3. The second kappa shape index (κ2) is 14.2. The van der Waals surface area contributed by atoms with E-state index in [-0.39, 0.29) is 18.1 Å². The number of rotatable bonds is 12. The van der Waals surface area contributed by atoms with Gasteiger partial charge in [-0.25, -0.2) is 9.97 Å². The number of hydrogen-bond donors (Lipinski definition) is 2. The lowest BCUT2D eigenvalue weighted by Crippen LogP contribution is -2.18. The number of nitrogens with zero attached hydrogens (tertiary/aromatic N) is 2. The van der Waals surface area contributed by atoms with Crippen molar-refractivity contribution in [1.29, 1.82) is 0 Å². The van der Waals surface area contributed by atoms with Crippen LogP contribution in [0, 0.1) is 6.92 Å². The van der Waals surface area contributed by atoms with Crippen LogP contribution in [0.1, 0.15) is 40.7 Å². The maximum atomic E-state index is 12.4. The van der Waals surface area contributed by atoms with Crippen LogP contribution < -0.4 is 15.4 Å². The monoisotopic (exact) mass is 576 g/mol. The third-order valence-corrected chi connectivity index (χ3v) is 6.31. The predicted octanol–water partition coefficient (Wildman–Crippen LogP) is 6.61. The van der Waals surface area contributed by atoms with Crippen LogP contribution in [0.5, 0.6) is 5.75 Å². The molecule has 7 nitrogen and oxygen atoms in total. The number of carbonyl (C=O) groups excluding carboxylic acids is 2. The molecule has 0 aliphatic carbocycles. The van der Waals surface area contributed by atoms with Crippen molar-refractivity contribution in [3.8, 4) is 5.75 Å². The molecule has 218 valence electrons. The quantitative estimate of drug-likeness (QED) is 0.185. The number of ether oxygens (including phenoxy) is 1. The van der Waals surface area contributed by atoms with E-state index in [1.54, 1.807) is 24.5 Å². The zero-order chi connectivity index (χ0) is 30.0. The van der Waals surface area contributed by atoms with Gasteiger partial charge in [-0.05, 0) is 79.1 Å². The highest BCUT2D eigenvalue weighted by Crippen LogP contribution is 2.23. The summed E-state index contributed by atoms with van der Waals surface area (Å²) in [5.41, 5.74) is 4.57. The van der Waals surface area contributed by atoms with E-state index < -0.39 is 12.3 Å². The van der Waals surface area contributed by atoms with Crippen LogP contribution in [-0.4, -0.2) is 28.1 Å². The molecule has 2 aromatic heterocycles. The minimum absolute atomic E-state index is 0.107. The number of anilines is 2. The fraction of sp³-hybridized carbons (Fsp3) is 0.250. The number of hydrogen-bond acceptors (Lipinski definition) is 5. The Morgan fingerprint density at radius 3 is 1.71 bits per heavy atom. The third kappa shape index (κ3) is 10.3. The minimum atomic E-state index is -4.79. The van der Waals surface area contributed by atoms with Gasteiger partial charge in [-0.3, -0.25) is 9.59 Å². The van der Waals surface area contributed by atoms with Crippen molar-refractivity contribution >= 4 is 23.5 Å². The number of halogens is 3. The van der Waals surface area contributed by atoms with Crippen molar-refractivity contribution < 1.29 is 27.5 Å². The van der Waals surface area contributed by atoms with Crippen LogP contribution in [0.15, 0.2) is 85.2 Å². The fourth-order valence-electron chi connectivity index (χ4n) is 4.37. The van der Waals surface area contributed by atoms with Gasteiger partial charge in [0.25, 0.3) is 0 Å². The molecule has 2 N–H and O–H groups in total. The Morgan fingerprint density at radius 1 is 0.714 bits per heavy atom. The van der Waals surface area contributed by atoms with Crippen LogP contribution in [0.2, 0.25) is 0 Å². The fourth-order valence-corrected chi connectivity index (χ4v) is 4.37. The zero-order valence-corrected chi connectivity index (χ0v) is 23.1. The molecule has 0 bridgehead atoms. The van der Waals surface area contributed by atoms with Crippen LogP contribution >= 0.6 is 0 Å². The average Bonchev–Trinajstić information content (AvgIpc) is 2.92. The standard InChI is InChI=1S/C32H31F3N4O3/c1-22-6-4-9-25(16-22)18-30(40)38-28-14-12-23(20-36-28)7-2-3-8-24-13-15-29(37-21-24)39-31(41)19-26-10-5-11-27(17-26)42-32(33,34)35/h4-6,9-17,20-21H,2-3,7-8,18-19H2,1H3,(H,36,38,40)(H,37,39,41). The summed E-state index contributed by atoms with van der Waals surface area (Å²) in [5, 5.41) is 5.50. The first-order valence-corrected chi connectivity index (χ1v) is 13.5. The van der Waals surface area contributed by atoms with Gasteiger partial charge in [0.2, 0.25) is 11.8 Å². The van der Waals surface area contributed by atoms with E-state index in [4.69, 9.17) is 0 Å². The van der Waals surface area contributed by atoms with Gasteiger partial charge < -0.3 is 15.4 Å². The van der Waals surface area contributed by atoms with Crippen molar-refractivity contribution in [3.05, 3.63) is 113 Å². The molecule has 0 unspecified atom stereocenters. The lowest BCUT2D eigenvalue weighted by atomic mass is 10.1. The Kier molecular flexibility index (Phi) is 10.3. The number of aromatic nitrogens is 2. The van der Waals surface area contributed by atoms with Gasteiger partial charge in [0.05, 0.1) is 12.8 Å². The first-order chi connectivity index (χ1) is 20.1. The lowest BCUT2D eigenvalue weighted by Gasteiger charge is -2.10. The second-order valence-corrected chi connectivity index (χ2v) is 9.94. The van der Waals surface area contributed by atoms with Gasteiger partial charge >= 0.3 is 6.36 Å². The summed E-state index contributed by atoms with van der Waals surface area (Å²) in [4.78, 5) is 33.3. The smallest absolute Gasteiger partial charge is 0.406 e. The van der Waals surface area contributed by atoms with Crippen molar-refractivity contribution in [2.24, 2.45) is 0 Å². The Morgan fingerprint density at radius 2 is 1.24 bits per heavy atom. The maximum absolute atomic E-state index is 12.4. The molecule has 0 fully saturated rings. The number of carbonyl (C=O) groups is 2. The number of aryl methyl sites for hydroxylation is 3. The van der Waals surface area contributed by atoms with E-state index in [0.29, 0.717) is 23.6 Å². The molecule has 0 radical (unpaired) electrons. The highest BCUT2D eigenvalue weighted by molar-refractivity contribution is 5.92. The molecule has 0 saturated carbocycles. The maximum Gasteiger partial charge on any atom is 0.573 e. The first-order valence-electron chi connectivity index (χ1n) is 13.5. The third-order valence-electron chi connectivity index (χ3n) is 6.31. The van der Waals surface area contributed by atoms with Gasteiger partial charge in [-0.2, -0.15) is 0 Å². The van der Waals surface area contributed by atoms with Crippen molar-refractivity contribution in [2.45, 2.75) is 51.8 Å². The van der Waals surface area contributed by atoms with E-state index in [9.17, 15) is 22.8 Å². The molecule has 2 heterocycles. The summed E-state index contributed by atoms with van der Waals surface area (Å²) in [5.74, 6) is 0.0125. The van der Waals surface area contributed by atoms with Gasteiger partial charge in [-0.1, -0.05) is 54.1 Å². The summed E-state index contributed by atoms with van der Waals surface area (Å²) >= 11 is 0. The molecule has 42 heavy (non-hydrogen) atoms. The number of amides is 2. The summed E-state index contributed by atoms with van der Waals surface area (Å²) in [6, 6.07) is 20.5. The van der Waals surface area contributed by atoms with Crippen LogP contribution in [0.25, 0.3) is 0 Å². The van der Waals surface area contributed by atoms with Gasteiger partial charge in [-0.15, -0.1) is 13.2 Å². The number of alkyl halides is 3. The van der Waals surface area contributed by atoms with Crippen LogP contribution in [0.4, 0.5) is 24.8 Å².